The number of nitrogens with zero attached hydrogens (tertiary/aromatic N) is 1. The van der Waals surface area contributed by atoms with E-state index in [-0.39, 0.29) is 12.1 Å². The number of hydrogen-bond donors (Lipinski definition) is 0. The van der Waals surface area contributed by atoms with Crippen LogP contribution in [0.1, 0.15) is 16.8 Å². The second-order valence-electron chi connectivity index (χ2n) is 4.59. The second kappa shape index (κ2) is 5.29. The van der Waals surface area contributed by atoms with E-state index >= 15 is 0 Å². The van der Waals surface area contributed by atoms with Crippen LogP contribution in [0.4, 0.5) is 0 Å². The van der Waals surface area contributed by atoms with Crippen LogP contribution >= 0.6 is 15.9 Å². The van der Waals surface area contributed by atoms with Crippen LogP contribution in [0.25, 0.3) is 11.0 Å². The van der Waals surface area contributed by atoms with Crippen molar-refractivity contribution in [2.75, 3.05) is 6.54 Å². The van der Waals surface area contributed by atoms with Crippen molar-refractivity contribution in [3.63, 3.8) is 0 Å². The van der Waals surface area contributed by atoms with Crippen LogP contribution in [-0.4, -0.2) is 23.3 Å². The Bertz CT molecular complexity index is 837. The summed E-state index contributed by atoms with van der Waals surface area (Å²) >= 11 is 3.11. The Labute approximate surface area is 128 Å². The molecule has 0 saturated carbocycles. The fraction of sp³-hybridized carbons (Fsp3) is 0.133. The van der Waals surface area contributed by atoms with Crippen molar-refractivity contribution >= 4 is 38.7 Å². The summed E-state index contributed by atoms with van der Waals surface area (Å²) in [5, 5.41) is 0.638. The fourth-order valence-electron chi connectivity index (χ4n) is 2.19. The van der Waals surface area contributed by atoms with E-state index in [9.17, 15) is 14.4 Å². The Balaban J connectivity index is 2.06. The zero-order valence-electron chi connectivity index (χ0n) is 10.8. The van der Waals surface area contributed by atoms with E-state index < -0.39 is 17.4 Å². The SMILES string of the molecule is O=C1C(Br)=CCCN1C(=O)c1cc2ccccc2oc1=O. The number of hydrogen-bond acceptors (Lipinski definition) is 4. The predicted octanol–water partition coefficient (Wildman–Crippen LogP) is 2.44. The summed E-state index contributed by atoms with van der Waals surface area (Å²) in [6.07, 6.45) is 2.26. The van der Waals surface area contributed by atoms with Gasteiger partial charge in [0.05, 0.1) is 4.48 Å². The van der Waals surface area contributed by atoms with Crippen molar-refractivity contribution < 1.29 is 14.0 Å². The number of para-hydroxylation sites is 1. The molecule has 0 atom stereocenters. The minimum absolute atomic E-state index is 0.135. The first kappa shape index (κ1) is 13.8. The van der Waals surface area contributed by atoms with E-state index in [1.54, 1.807) is 30.3 Å². The minimum Gasteiger partial charge on any atom is -0.422 e. The smallest absolute Gasteiger partial charge is 0.349 e. The van der Waals surface area contributed by atoms with E-state index in [0.717, 1.165) is 4.90 Å². The van der Waals surface area contributed by atoms with E-state index in [1.165, 1.54) is 6.07 Å². The quantitative estimate of drug-likeness (QED) is 0.587. The molecule has 0 saturated heterocycles. The van der Waals surface area contributed by atoms with Crippen molar-refractivity contribution in [3.8, 4) is 0 Å². The van der Waals surface area contributed by atoms with Gasteiger partial charge in [0.1, 0.15) is 11.1 Å². The first-order valence-electron chi connectivity index (χ1n) is 6.32. The molecule has 0 unspecified atom stereocenters. The number of carbonyl (C=O) groups excluding carboxylic acids is 2. The van der Waals surface area contributed by atoms with Crippen LogP contribution in [0, 0.1) is 0 Å². The molecule has 2 amide bonds. The highest BCUT2D eigenvalue weighted by atomic mass is 79.9. The van der Waals surface area contributed by atoms with Gasteiger partial charge in [-0.3, -0.25) is 14.5 Å². The van der Waals surface area contributed by atoms with Crippen LogP contribution in [0.15, 0.2) is 50.1 Å². The lowest BCUT2D eigenvalue weighted by Gasteiger charge is -2.22. The topological polar surface area (TPSA) is 67.6 Å². The maximum atomic E-state index is 12.4. The molecule has 2 heterocycles. The molecule has 1 aromatic carbocycles. The molecule has 2 aromatic rings. The molecule has 1 aromatic heterocycles. The fourth-order valence-corrected chi connectivity index (χ4v) is 2.63. The third-order valence-corrected chi connectivity index (χ3v) is 3.91. The number of carbonyl (C=O) groups is 2. The third-order valence-electron chi connectivity index (χ3n) is 3.24. The average Bonchev–Trinajstić information content (AvgIpc) is 2.48. The normalized spacial score (nSPS) is 15.2. The van der Waals surface area contributed by atoms with Crippen molar-refractivity contribution in [1.82, 2.24) is 4.90 Å². The highest BCUT2D eigenvalue weighted by Crippen LogP contribution is 2.19. The highest BCUT2D eigenvalue weighted by Gasteiger charge is 2.29. The summed E-state index contributed by atoms with van der Waals surface area (Å²) in [7, 11) is 0. The largest absolute Gasteiger partial charge is 0.422 e. The van der Waals surface area contributed by atoms with Gasteiger partial charge in [0.15, 0.2) is 0 Å². The number of fused-ring (bicyclic) bond motifs is 1. The summed E-state index contributed by atoms with van der Waals surface area (Å²) in [6.45, 7) is 0.249. The van der Waals surface area contributed by atoms with E-state index in [1.807, 2.05) is 0 Å². The maximum absolute atomic E-state index is 12.4. The number of amides is 2. The zero-order chi connectivity index (χ0) is 15.0. The van der Waals surface area contributed by atoms with Gasteiger partial charge in [-0.15, -0.1) is 0 Å². The highest BCUT2D eigenvalue weighted by molar-refractivity contribution is 9.12. The molecule has 5 nitrogen and oxygen atoms in total. The molecule has 0 radical (unpaired) electrons. The zero-order valence-corrected chi connectivity index (χ0v) is 12.4. The second-order valence-corrected chi connectivity index (χ2v) is 5.44. The average molecular weight is 348 g/mol. The van der Waals surface area contributed by atoms with Crippen molar-refractivity contribution in [2.24, 2.45) is 0 Å². The number of benzene rings is 1. The van der Waals surface area contributed by atoms with Crippen LogP contribution in [-0.2, 0) is 4.79 Å². The van der Waals surface area contributed by atoms with Gasteiger partial charge in [0.25, 0.3) is 11.8 Å². The Hall–Kier alpha value is -2.21. The molecule has 21 heavy (non-hydrogen) atoms. The standard InChI is InChI=1S/C15H10BrNO4/c16-11-5-3-7-17(14(11)19)13(18)10-8-9-4-1-2-6-12(9)21-15(10)20/h1-2,4-6,8H,3,7H2. The molecule has 0 fully saturated rings. The molecule has 0 bridgehead atoms. The Kier molecular flexibility index (Phi) is 3.47. The number of halogens is 1. The molecular weight excluding hydrogens is 338 g/mol. The van der Waals surface area contributed by atoms with Gasteiger partial charge in [0, 0.05) is 11.9 Å². The molecule has 0 aliphatic carbocycles. The van der Waals surface area contributed by atoms with E-state index in [2.05, 4.69) is 15.9 Å². The third kappa shape index (κ3) is 2.42. The lowest BCUT2D eigenvalue weighted by Crippen LogP contribution is -2.41. The maximum Gasteiger partial charge on any atom is 0.349 e. The van der Waals surface area contributed by atoms with Crippen LogP contribution in [0.3, 0.4) is 0 Å². The van der Waals surface area contributed by atoms with E-state index in [0.29, 0.717) is 21.9 Å². The van der Waals surface area contributed by atoms with Crippen molar-refractivity contribution in [2.45, 2.75) is 6.42 Å². The first-order valence-corrected chi connectivity index (χ1v) is 7.12. The molecular formula is C15H10BrNO4. The summed E-state index contributed by atoms with van der Waals surface area (Å²) in [4.78, 5) is 37.4. The number of imide groups is 1. The summed E-state index contributed by atoms with van der Waals surface area (Å²) < 4.78 is 5.45. The molecule has 6 heteroatoms. The van der Waals surface area contributed by atoms with Gasteiger partial charge in [0.2, 0.25) is 0 Å². The van der Waals surface area contributed by atoms with Crippen molar-refractivity contribution in [3.05, 3.63) is 56.9 Å². The van der Waals surface area contributed by atoms with Gasteiger partial charge >= 0.3 is 5.63 Å². The van der Waals surface area contributed by atoms with Gasteiger partial charge in [-0.25, -0.2) is 4.79 Å². The molecule has 0 spiro atoms. The Morgan fingerprint density at radius 1 is 1.24 bits per heavy atom. The Morgan fingerprint density at radius 2 is 2.00 bits per heavy atom. The minimum atomic E-state index is -0.739. The van der Waals surface area contributed by atoms with E-state index in [4.69, 9.17) is 4.42 Å². The monoisotopic (exact) mass is 347 g/mol. The van der Waals surface area contributed by atoms with Crippen molar-refractivity contribution in [1.29, 1.82) is 0 Å². The van der Waals surface area contributed by atoms with Gasteiger partial charge in [-0.2, -0.15) is 0 Å². The summed E-state index contributed by atoms with van der Waals surface area (Å²) in [6, 6.07) is 8.37. The van der Waals surface area contributed by atoms with Crippen LogP contribution in [0.2, 0.25) is 0 Å². The lowest BCUT2D eigenvalue weighted by atomic mass is 10.1. The number of rotatable bonds is 1. The molecule has 1 aliphatic rings. The van der Waals surface area contributed by atoms with Gasteiger partial charge < -0.3 is 4.42 Å². The predicted molar refractivity (Wildman–Crippen MR) is 80.2 cm³/mol. The Morgan fingerprint density at radius 3 is 2.81 bits per heavy atom. The van der Waals surface area contributed by atoms with Gasteiger partial charge in [-0.1, -0.05) is 24.3 Å². The molecule has 106 valence electrons. The summed E-state index contributed by atoms with van der Waals surface area (Å²) in [5.41, 5.74) is -0.466. The lowest BCUT2D eigenvalue weighted by molar-refractivity contribution is -0.124. The van der Waals surface area contributed by atoms with Crippen LogP contribution in [0.5, 0.6) is 0 Å². The summed E-state index contributed by atoms with van der Waals surface area (Å²) in [5.74, 6) is -1.08. The van der Waals surface area contributed by atoms with Crippen LogP contribution < -0.4 is 5.63 Å². The molecule has 3 rings (SSSR count). The molecule has 0 N–H and O–H groups in total. The van der Waals surface area contributed by atoms with Gasteiger partial charge in [-0.05, 0) is 34.5 Å². The molecule has 1 aliphatic heterocycles. The first-order chi connectivity index (χ1) is 10.1.